The lowest BCUT2D eigenvalue weighted by atomic mass is 10.2. The van der Waals surface area contributed by atoms with Gasteiger partial charge >= 0.3 is 5.97 Å². The second-order valence-corrected chi connectivity index (χ2v) is 5.42. The van der Waals surface area contributed by atoms with Crippen LogP contribution in [0.5, 0.6) is 0 Å². The number of primary sulfonamides is 1. The molecule has 3 N–H and O–H groups in total. The van der Waals surface area contributed by atoms with E-state index < -0.39 is 16.0 Å². The number of benzene rings is 1. The molecule has 0 aliphatic rings. The van der Waals surface area contributed by atoms with E-state index in [0.717, 1.165) is 6.07 Å². The van der Waals surface area contributed by atoms with E-state index in [9.17, 15) is 13.2 Å². The Kier molecular flexibility index (Phi) is 4.18. The first kappa shape index (κ1) is 14.3. The number of nitrogens with two attached hydrogens (primary N) is 1. The Morgan fingerprint density at radius 2 is 2.10 bits per heavy atom. The van der Waals surface area contributed by atoms with Crippen molar-refractivity contribution < 1.29 is 22.5 Å². The molecular formula is C12H12N2O5S. The molecule has 0 spiro atoms. The zero-order chi connectivity index (χ0) is 14.6. The molecule has 0 saturated heterocycles. The minimum Gasteiger partial charge on any atom is -0.468 e. The molecule has 106 valence electrons. The number of hydroxylamine groups is 1. The quantitative estimate of drug-likeness (QED) is 0.789. The predicted molar refractivity (Wildman–Crippen MR) is 68.8 cm³/mol. The van der Waals surface area contributed by atoms with Crippen molar-refractivity contribution >= 4 is 16.0 Å². The summed E-state index contributed by atoms with van der Waals surface area (Å²) in [5.74, 6) is -0.127. The lowest BCUT2D eigenvalue weighted by Gasteiger charge is -2.05. The van der Waals surface area contributed by atoms with Crippen molar-refractivity contribution in [1.29, 1.82) is 0 Å². The van der Waals surface area contributed by atoms with E-state index in [4.69, 9.17) is 14.4 Å². The standard InChI is InChI=1S/C12H12N2O5S/c13-20(16,17)11-5-1-3-9(7-11)12(15)19-14-8-10-4-2-6-18-10/h1-7,14H,8H2,(H2,13,16,17). The number of hydrogen-bond acceptors (Lipinski definition) is 6. The van der Waals surface area contributed by atoms with Gasteiger partial charge in [-0.05, 0) is 30.3 Å². The lowest BCUT2D eigenvalue weighted by molar-refractivity contribution is 0.0225. The molecule has 1 aromatic carbocycles. The fourth-order valence-corrected chi connectivity index (χ4v) is 2.00. The Morgan fingerprint density at radius 3 is 2.75 bits per heavy atom. The van der Waals surface area contributed by atoms with Crippen molar-refractivity contribution in [2.75, 3.05) is 0 Å². The maximum atomic E-state index is 11.7. The van der Waals surface area contributed by atoms with Gasteiger partial charge in [-0.25, -0.2) is 18.4 Å². The van der Waals surface area contributed by atoms with Crippen molar-refractivity contribution in [2.24, 2.45) is 5.14 Å². The van der Waals surface area contributed by atoms with Crippen LogP contribution in [0.1, 0.15) is 16.1 Å². The Balaban J connectivity index is 1.99. The number of furan rings is 1. The summed E-state index contributed by atoms with van der Waals surface area (Å²) >= 11 is 0. The van der Waals surface area contributed by atoms with Crippen LogP contribution in [0.3, 0.4) is 0 Å². The molecule has 0 unspecified atom stereocenters. The third-order valence-corrected chi connectivity index (χ3v) is 3.30. The van der Waals surface area contributed by atoms with E-state index in [2.05, 4.69) is 5.48 Å². The van der Waals surface area contributed by atoms with Crippen molar-refractivity contribution in [1.82, 2.24) is 5.48 Å². The summed E-state index contributed by atoms with van der Waals surface area (Å²) in [6, 6.07) is 8.68. The average molecular weight is 296 g/mol. The molecule has 2 aromatic rings. The van der Waals surface area contributed by atoms with Crippen LogP contribution in [0, 0.1) is 0 Å². The molecule has 2 rings (SSSR count). The van der Waals surface area contributed by atoms with E-state index in [1.807, 2.05) is 0 Å². The van der Waals surface area contributed by atoms with Gasteiger partial charge in [-0.1, -0.05) is 6.07 Å². The highest BCUT2D eigenvalue weighted by atomic mass is 32.2. The SMILES string of the molecule is NS(=O)(=O)c1cccc(C(=O)ONCc2ccco2)c1. The van der Waals surface area contributed by atoms with Crippen LogP contribution in [-0.2, 0) is 21.4 Å². The fourth-order valence-electron chi connectivity index (χ4n) is 1.44. The zero-order valence-corrected chi connectivity index (χ0v) is 11.1. The molecule has 7 nitrogen and oxygen atoms in total. The van der Waals surface area contributed by atoms with Gasteiger partial charge in [0, 0.05) is 0 Å². The molecule has 0 atom stereocenters. The second-order valence-electron chi connectivity index (χ2n) is 3.86. The highest BCUT2D eigenvalue weighted by Crippen LogP contribution is 2.10. The smallest absolute Gasteiger partial charge is 0.356 e. The van der Waals surface area contributed by atoms with Gasteiger partial charge in [-0.15, -0.1) is 5.48 Å². The average Bonchev–Trinajstić information content (AvgIpc) is 2.91. The third-order valence-electron chi connectivity index (χ3n) is 2.39. The zero-order valence-electron chi connectivity index (χ0n) is 10.3. The number of nitrogens with one attached hydrogen (secondary N) is 1. The molecule has 20 heavy (non-hydrogen) atoms. The van der Waals surface area contributed by atoms with E-state index >= 15 is 0 Å². The first-order chi connectivity index (χ1) is 9.47. The number of rotatable bonds is 5. The van der Waals surface area contributed by atoms with Crippen molar-refractivity contribution in [3.05, 3.63) is 54.0 Å². The summed E-state index contributed by atoms with van der Waals surface area (Å²) in [5.41, 5.74) is 2.49. The van der Waals surface area contributed by atoms with Gasteiger partial charge in [-0.2, -0.15) is 0 Å². The van der Waals surface area contributed by atoms with Crippen molar-refractivity contribution in [3.8, 4) is 0 Å². The second kappa shape index (κ2) is 5.87. The van der Waals surface area contributed by atoms with Gasteiger partial charge in [0.15, 0.2) is 0 Å². The van der Waals surface area contributed by atoms with Crippen LogP contribution in [-0.4, -0.2) is 14.4 Å². The lowest BCUT2D eigenvalue weighted by Crippen LogP contribution is -2.20. The van der Waals surface area contributed by atoms with Crippen LogP contribution in [0.4, 0.5) is 0 Å². The summed E-state index contributed by atoms with van der Waals surface area (Å²) in [6.07, 6.45) is 1.49. The Morgan fingerprint density at radius 1 is 1.30 bits per heavy atom. The van der Waals surface area contributed by atoms with Gasteiger partial charge < -0.3 is 9.25 Å². The topological polar surface area (TPSA) is 112 Å². The van der Waals surface area contributed by atoms with Gasteiger partial charge in [0.05, 0.1) is 23.3 Å². The molecule has 0 radical (unpaired) electrons. The summed E-state index contributed by atoms with van der Waals surface area (Å²) in [4.78, 5) is 16.3. The van der Waals surface area contributed by atoms with Gasteiger partial charge in [0.25, 0.3) is 0 Å². The molecule has 0 aliphatic heterocycles. The predicted octanol–water partition coefficient (Wildman–Crippen LogP) is 0.789. The monoisotopic (exact) mass is 296 g/mol. The molecule has 8 heteroatoms. The van der Waals surface area contributed by atoms with Crippen LogP contribution in [0.15, 0.2) is 52.0 Å². The third kappa shape index (κ3) is 3.67. The fraction of sp³-hybridized carbons (Fsp3) is 0.0833. The first-order valence-corrected chi connectivity index (χ1v) is 7.11. The summed E-state index contributed by atoms with van der Waals surface area (Å²) < 4.78 is 27.4. The highest BCUT2D eigenvalue weighted by molar-refractivity contribution is 7.89. The number of carbonyl (C=O) groups excluding carboxylic acids is 1. The van der Waals surface area contributed by atoms with E-state index in [-0.39, 0.29) is 17.0 Å². The van der Waals surface area contributed by atoms with Crippen LogP contribution >= 0.6 is 0 Å². The largest absolute Gasteiger partial charge is 0.468 e. The Hall–Kier alpha value is -2.16. The van der Waals surface area contributed by atoms with Crippen LogP contribution < -0.4 is 10.6 Å². The van der Waals surface area contributed by atoms with E-state index in [1.165, 1.54) is 24.5 Å². The Labute approximate surface area is 115 Å². The summed E-state index contributed by atoms with van der Waals surface area (Å²) in [7, 11) is -3.86. The molecule has 0 saturated carbocycles. The maximum absolute atomic E-state index is 11.7. The summed E-state index contributed by atoms with van der Waals surface area (Å²) in [5, 5.41) is 4.98. The first-order valence-electron chi connectivity index (χ1n) is 5.56. The van der Waals surface area contributed by atoms with Gasteiger partial charge in [0.2, 0.25) is 10.0 Å². The minimum absolute atomic E-state index is 0.0727. The molecule has 1 aromatic heterocycles. The highest BCUT2D eigenvalue weighted by Gasteiger charge is 2.13. The van der Waals surface area contributed by atoms with E-state index in [0.29, 0.717) is 5.76 Å². The van der Waals surface area contributed by atoms with Crippen molar-refractivity contribution in [3.63, 3.8) is 0 Å². The normalized spacial score (nSPS) is 11.2. The Bertz CT molecular complexity index is 694. The van der Waals surface area contributed by atoms with Crippen molar-refractivity contribution in [2.45, 2.75) is 11.4 Å². The molecule has 0 aliphatic carbocycles. The molecule has 0 bridgehead atoms. The molecular weight excluding hydrogens is 284 g/mol. The molecule has 0 amide bonds. The van der Waals surface area contributed by atoms with Gasteiger partial charge in [-0.3, -0.25) is 0 Å². The summed E-state index contributed by atoms with van der Waals surface area (Å²) in [6.45, 7) is 0.202. The molecule has 0 fully saturated rings. The van der Waals surface area contributed by atoms with Crippen LogP contribution in [0.25, 0.3) is 0 Å². The number of carbonyl (C=O) groups is 1. The number of hydrogen-bond donors (Lipinski definition) is 2. The maximum Gasteiger partial charge on any atom is 0.356 e. The molecule has 1 heterocycles. The van der Waals surface area contributed by atoms with E-state index in [1.54, 1.807) is 12.1 Å². The van der Waals surface area contributed by atoms with Gasteiger partial charge in [0.1, 0.15) is 5.76 Å². The minimum atomic E-state index is -3.86. The number of sulfonamides is 1. The van der Waals surface area contributed by atoms with Crippen LogP contribution in [0.2, 0.25) is 0 Å².